The van der Waals surface area contributed by atoms with E-state index in [1.807, 2.05) is 0 Å². The SMILES string of the molecule is CCN(CC)S(=O)(=O)c1cc(Cl)cc(CO)c1F. The summed E-state index contributed by atoms with van der Waals surface area (Å²) in [5.41, 5.74) is -0.131. The number of nitrogens with zero attached hydrogens (tertiary/aromatic N) is 1. The highest BCUT2D eigenvalue weighted by Crippen LogP contribution is 2.26. The first-order valence-corrected chi connectivity index (χ1v) is 7.29. The largest absolute Gasteiger partial charge is 0.392 e. The van der Waals surface area contributed by atoms with Gasteiger partial charge in [0.2, 0.25) is 10.0 Å². The zero-order chi connectivity index (χ0) is 13.9. The number of aliphatic hydroxyl groups is 1. The van der Waals surface area contributed by atoms with Gasteiger partial charge in [-0.3, -0.25) is 0 Å². The summed E-state index contributed by atoms with van der Waals surface area (Å²) in [5, 5.41) is 9.05. The summed E-state index contributed by atoms with van der Waals surface area (Å²) in [5.74, 6) is -0.950. The maximum Gasteiger partial charge on any atom is 0.246 e. The van der Waals surface area contributed by atoms with Crippen molar-refractivity contribution < 1.29 is 17.9 Å². The summed E-state index contributed by atoms with van der Waals surface area (Å²) < 4.78 is 39.4. The third kappa shape index (κ3) is 2.83. The molecule has 18 heavy (non-hydrogen) atoms. The molecule has 0 fully saturated rings. The molecule has 0 atom stereocenters. The Hall–Kier alpha value is -0.690. The van der Waals surface area contributed by atoms with Crippen molar-refractivity contribution >= 4 is 21.6 Å². The Morgan fingerprint density at radius 3 is 2.33 bits per heavy atom. The van der Waals surface area contributed by atoms with Crippen LogP contribution in [0.2, 0.25) is 5.02 Å². The lowest BCUT2D eigenvalue weighted by atomic mass is 10.2. The lowest BCUT2D eigenvalue weighted by Crippen LogP contribution is -2.31. The average molecular weight is 296 g/mol. The quantitative estimate of drug-likeness (QED) is 0.904. The van der Waals surface area contributed by atoms with Crippen LogP contribution in [0.4, 0.5) is 4.39 Å². The summed E-state index contributed by atoms with van der Waals surface area (Å²) in [6, 6.07) is 2.27. The minimum absolute atomic E-state index is 0.0752. The van der Waals surface area contributed by atoms with E-state index in [2.05, 4.69) is 0 Å². The van der Waals surface area contributed by atoms with Crippen LogP contribution in [-0.2, 0) is 16.6 Å². The Kier molecular flexibility index (Phi) is 5.10. The standard InChI is InChI=1S/C11H15ClFNO3S/c1-3-14(4-2)18(16,17)10-6-9(12)5-8(7-15)11(10)13/h5-6,15H,3-4,7H2,1-2H3. The highest BCUT2D eigenvalue weighted by Gasteiger charge is 2.27. The molecular weight excluding hydrogens is 281 g/mol. The maximum absolute atomic E-state index is 14.0. The highest BCUT2D eigenvalue weighted by atomic mass is 35.5. The first kappa shape index (κ1) is 15.4. The van der Waals surface area contributed by atoms with Crippen molar-refractivity contribution in [3.63, 3.8) is 0 Å². The molecule has 0 heterocycles. The second-order valence-corrected chi connectivity index (χ2v) is 5.97. The first-order valence-electron chi connectivity index (χ1n) is 5.47. The van der Waals surface area contributed by atoms with Gasteiger partial charge >= 0.3 is 0 Å². The molecular formula is C11H15ClFNO3S. The molecule has 0 radical (unpaired) electrons. The number of benzene rings is 1. The van der Waals surface area contributed by atoms with Crippen LogP contribution in [0, 0.1) is 5.82 Å². The Bertz CT molecular complexity index is 529. The Morgan fingerprint density at radius 1 is 1.33 bits per heavy atom. The summed E-state index contributed by atoms with van der Waals surface area (Å²) >= 11 is 5.74. The van der Waals surface area contributed by atoms with Gasteiger partial charge in [-0.25, -0.2) is 12.8 Å². The zero-order valence-electron chi connectivity index (χ0n) is 10.2. The molecule has 0 amide bonds. The highest BCUT2D eigenvalue weighted by molar-refractivity contribution is 7.89. The molecule has 1 aromatic carbocycles. The van der Waals surface area contributed by atoms with Gasteiger partial charge in [0.1, 0.15) is 10.7 Å². The van der Waals surface area contributed by atoms with Crippen molar-refractivity contribution in [3.05, 3.63) is 28.5 Å². The van der Waals surface area contributed by atoms with Crippen molar-refractivity contribution in [2.24, 2.45) is 0 Å². The fourth-order valence-electron chi connectivity index (χ4n) is 1.62. The van der Waals surface area contributed by atoms with Crippen LogP contribution in [0.15, 0.2) is 17.0 Å². The second-order valence-electron chi connectivity index (χ2n) is 3.62. The molecule has 0 aromatic heterocycles. The molecule has 0 saturated heterocycles. The van der Waals surface area contributed by atoms with E-state index < -0.39 is 27.3 Å². The van der Waals surface area contributed by atoms with Crippen LogP contribution >= 0.6 is 11.6 Å². The smallest absolute Gasteiger partial charge is 0.246 e. The van der Waals surface area contributed by atoms with Gasteiger partial charge in [-0.05, 0) is 12.1 Å². The molecule has 0 spiro atoms. The van der Waals surface area contributed by atoms with E-state index in [1.165, 1.54) is 6.07 Å². The molecule has 1 rings (SSSR count). The maximum atomic E-state index is 14.0. The minimum Gasteiger partial charge on any atom is -0.392 e. The number of hydrogen-bond donors (Lipinski definition) is 1. The zero-order valence-corrected chi connectivity index (χ0v) is 11.7. The van der Waals surface area contributed by atoms with E-state index in [1.54, 1.807) is 13.8 Å². The van der Waals surface area contributed by atoms with Crippen molar-refractivity contribution in [2.45, 2.75) is 25.3 Å². The molecule has 1 N–H and O–H groups in total. The van der Waals surface area contributed by atoms with Crippen molar-refractivity contribution in [2.75, 3.05) is 13.1 Å². The predicted molar refractivity (Wildman–Crippen MR) is 67.4 cm³/mol. The molecule has 0 aliphatic rings. The fourth-order valence-corrected chi connectivity index (χ4v) is 3.52. The van der Waals surface area contributed by atoms with Gasteiger partial charge in [-0.1, -0.05) is 25.4 Å². The molecule has 7 heteroatoms. The fraction of sp³-hybridized carbons (Fsp3) is 0.455. The third-order valence-corrected chi connectivity index (χ3v) is 4.84. The van der Waals surface area contributed by atoms with E-state index in [4.69, 9.17) is 16.7 Å². The van der Waals surface area contributed by atoms with Crippen molar-refractivity contribution in [3.8, 4) is 0 Å². The number of aliphatic hydroxyl groups excluding tert-OH is 1. The van der Waals surface area contributed by atoms with Crippen LogP contribution in [0.3, 0.4) is 0 Å². The average Bonchev–Trinajstić information content (AvgIpc) is 2.32. The van der Waals surface area contributed by atoms with Gasteiger partial charge in [-0.2, -0.15) is 4.31 Å². The van der Waals surface area contributed by atoms with E-state index >= 15 is 0 Å². The Morgan fingerprint density at radius 2 is 1.89 bits per heavy atom. The summed E-state index contributed by atoms with van der Waals surface area (Å²) in [7, 11) is -3.92. The van der Waals surface area contributed by atoms with Crippen LogP contribution in [0.25, 0.3) is 0 Å². The predicted octanol–water partition coefficient (Wildman–Crippen LogP) is 2.00. The van der Waals surface area contributed by atoms with E-state index in [-0.39, 0.29) is 23.7 Å². The lowest BCUT2D eigenvalue weighted by Gasteiger charge is -2.19. The Labute approximate surface area is 111 Å². The molecule has 102 valence electrons. The number of rotatable bonds is 5. The van der Waals surface area contributed by atoms with E-state index in [0.717, 1.165) is 10.4 Å². The number of hydrogen-bond acceptors (Lipinski definition) is 3. The Balaban J connectivity index is 3.45. The van der Waals surface area contributed by atoms with Gasteiger partial charge < -0.3 is 5.11 Å². The second kappa shape index (κ2) is 5.97. The van der Waals surface area contributed by atoms with Gasteiger partial charge in [0.05, 0.1) is 6.61 Å². The van der Waals surface area contributed by atoms with Crippen LogP contribution < -0.4 is 0 Å². The summed E-state index contributed by atoms with van der Waals surface area (Å²) in [6.45, 7) is 3.19. The van der Waals surface area contributed by atoms with Crippen LogP contribution in [0.5, 0.6) is 0 Å². The number of halogens is 2. The van der Waals surface area contributed by atoms with E-state index in [9.17, 15) is 12.8 Å². The molecule has 0 aliphatic carbocycles. The third-order valence-electron chi connectivity index (χ3n) is 2.57. The van der Waals surface area contributed by atoms with Crippen molar-refractivity contribution in [1.82, 2.24) is 4.31 Å². The summed E-state index contributed by atoms with van der Waals surface area (Å²) in [4.78, 5) is -0.497. The lowest BCUT2D eigenvalue weighted by molar-refractivity contribution is 0.274. The van der Waals surface area contributed by atoms with Gasteiger partial charge in [0, 0.05) is 23.7 Å². The molecule has 0 saturated carbocycles. The van der Waals surface area contributed by atoms with Gasteiger partial charge in [0.15, 0.2) is 0 Å². The molecule has 1 aromatic rings. The topological polar surface area (TPSA) is 57.6 Å². The van der Waals surface area contributed by atoms with Gasteiger partial charge in [0.25, 0.3) is 0 Å². The van der Waals surface area contributed by atoms with Crippen LogP contribution in [0.1, 0.15) is 19.4 Å². The van der Waals surface area contributed by atoms with E-state index in [0.29, 0.717) is 0 Å². The normalized spacial score (nSPS) is 12.1. The van der Waals surface area contributed by atoms with Crippen LogP contribution in [-0.4, -0.2) is 30.9 Å². The van der Waals surface area contributed by atoms with Crippen molar-refractivity contribution in [1.29, 1.82) is 0 Å². The minimum atomic E-state index is -3.92. The monoisotopic (exact) mass is 295 g/mol. The first-order chi connectivity index (χ1) is 8.38. The molecule has 0 unspecified atom stereocenters. The summed E-state index contributed by atoms with van der Waals surface area (Å²) in [6.07, 6.45) is 0. The molecule has 0 aliphatic heterocycles. The molecule has 4 nitrogen and oxygen atoms in total. The van der Waals surface area contributed by atoms with Gasteiger partial charge in [-0.15, -0.1) is 0 Å². The molecule has 0 bridgehead atoms. The number of sulfonamides is 1.